The number of carboxylic acid groups (broad SMARTS) is 1. The molecule has 1 unspecified atom stereocenters. The van der Waals surface area contributed by atoms with Gasteiger partial charge < -0.3 is 14.6 Å². The molecule has 1 N–H and O–H groups in total. The number of carbonyl (C=O) groups is 2. The van der Waals surface area contributed by atoms with Crippen LogP contribution in [0.25, 0.3) is 0 Å². The molecule has 0 aliphatic rings. The summed E-state index contributed by atoms with van der Waals surface area (Å²) in [6.45, 7) is 4.74. The summed E-state index contributed by atoms with van der Waals surface area (Å²) in [5.74, 6) is -2.10. The number of hydrogen-bond donors (Lipinski definition) is 1. The van der Waals surface area contributed by atoms with Gasteiger partial charge in [-0.1, -0.05) is 42.5 Å². The first kappa shape index (κ1) is 22.0. The number of nitrogens with zero attached hydrogens (tertiary/aromatic N) is 1. The van der Waals surface area contributed by atoms with Crippen LogP contribution < -0.4 is 4.74 Å². The summed E-state index contributed by atoms with van der Waals surface area (Å²) in [4.78, 5) is 27.9. The van der Waals surface area contributed by atoms with Crippen LogP contribution in [-0.4, -0.2) is 22.0 Å². The van der Waals surface area contributed by atoms with Gasteiger partial charge in [0.25, 0.3) is 0 Å². The third-order valence-electron chi connectivity index (χ3n) is 4.78. The molecule has 0 saturated carbocycles. The monoisotopic (exact) mass is 423 g/mol. The van der Waals surface area contributed by atoms with Crippen molar-refractivity contribution in [2.45, 2.75) is 33.5 Å². The summed E-state index contributed by atoms with van der Waals surface area (Å²) in [7, 11) is 0. The van der Waals surface area contributed by atoms with Crippen LogP contribution in [0.15, 0.2) is 54.6 Å². The topological polar surface area (TPSA) is 85.7 Å². The lowest BCUT2D eigenvalue weighted by molar-refractivity contribution is -0.144. The molecule has 1 atom stereocenters. The second-order valence-electron chi connectivity index (χ2n) is 7.03. The molecule has 0 spiro atoms. The molecule has 7 heteroatoms. The van der Waals surface area contributed by atoms with E-state index in [9.17, 15) is 19.1 Å². The Hall–Kier alpha value is -3.74. The fourth-order valence-electron chi connectivity index (χ4n) is 3.38. The number of aromatic nitrogens is 1. The summed E-state index contributed by atoms with van der Waals surface area (Å²) >= 11 is 0. The van der Waals surface area contributed by atoms with Crippen molar-refractivity contribution in [3.63, 3.8) is 0 Å². The summed E-state index contributed by atoms with van der Waals surface area (Å²) < 4.78 is 24.9. The lowest BCUT2D eigenvalue weighted by Gasteiger charge is -2.24. The highest BCUT2D eigenvalue weighted by Crippen LogP contribution is 2.36. The smallest absolute Gasteiger partial charge is 0.358 e. The molecular formula is C24H22FNO5. The van der Waals surface area contributed by atoms with Gasteiger partial charge in [0, 0.05) is 23.7 Å². The van der Waals surface area contributed by atoms with E-state index in [-0.39, 0.29) is 18.1 Å². The fraction of sp³-hybridized carbons (Fsp3) is 0.208. The van der Waals surface area contributed by atoms with E-state index in [4.69, 9.17) is 9.47 Å². The first-order valence-corrected chi connectivity index (χ1v) is 9.61. The van der Waals surface area contributed by atoms with Crippen molar-refractivity contribution in [3.8, 4) is 5.75 Å². The van der Waals surface area contributed by atoms with Crippen LogP contribution in [0.1, 0.15) is 51.5 Å². The number of benzene rings is 2. The van der Waals surface area contributed by atoms with Gasteiger partial charge in [-0.25, -0.2) is 14.2 Å². The number of aromatic carboxylic acids is 1. The zero-order chi connectivity index (χ0) is 22.5. The predicted octanol–water partition coefficient (Wildman–Crippen LogP) is 4.77. The van der Waals surface area contributed by atoms with Gasteiger partial charge in [0.15, 0.2) is 17.5 Å². The zero-order valence-electron chi connectivity index (χ0n) is 17.4. The number of pyridine rings is 1. The zero-order valence-corrected chi connectivity index (χ0v) is 17.4. The maximum atomic E-state index is 13.4. The largest absolute Gasteiger partial charge is 0.486 e. The lowest BCUT2D eigenvalue weighted by atomic mass is 9.94. The third kappa shape index (κ3) is 5.06. The third-order valence-corrected chi connectivity index (χ3v) is 4.78. The molecule has 0 aliphatic carbocycles. The summed E-state index contributed by atoms with van der Waals surface area (Å²) in [5.41, 5.74) is 2.51. The van der Waals surface area contributed by atoms with Crippen LogP contribution in [0, 0.1) is 19.7 Å². The SMILES string of the molecule is CC(=O)OC(c1ccc(F)cc1)c1c(C)nc(C(=O)O)c(OCc2ccccc2)c1C. The van der Waals surface area contributed by atoms with Gasteiger partial charge in [0.1, 0.15) is 12.4 Å². The van der Waals surface area contributed by atoms with E-state index in [1.54, 1.807) is 13.8 Å². The number of ether oxygens (including phenoxy) is 2. The molecule has 0 radical (unpaired) electrons. The molecule has 3 rings (SSSR count). The lowest BCUT2D eigenvalue weighted by Crippen LogP contribution is -2.17. The minimum atomic E-state index is -1.23. The van der Waals surface area contributed by atoms with Crippen molar-refractivity contribution in [2.24, 2.45) is 0 Å². The Balaban J connectivity index is 2.12. The van der Waals surface area contributed by atoms with E-state index >= 15 is 0 Å². The molecule has 0 aliphatic heterocycles. The van der Waals surface area contributed by atoms with Gasteiger partial charge in [-0.3, -0.25) is 4.79 Å². The van der Waals surface area contributed by atoms with Crippen LogP contribution in [0.2, 0.25) is 0 Å². The molecule has 0 fully saturated rings. The average Bonchev–Trinajstić information content (AvgIpc) is 2.73. The van der Waals surface area contributed by atoms with Crippen molar-refractivity contribution in [2.75, 3.05) is 0 Å². The number of rotatable bonds is 7. The van der Waals surface area contributed by atoms with E-state index in [0.29, 0.717) is 22.4 Å². The number of carboxylic acids is 1. The van der Waals surface area contributed by atoms with E-state index in [2.05, 4.69) is 4.98 Å². The second-order valence-corrected chi connectivity index (χ2v) is 7.03. The summed E-state index contributed by atoms with van der Waals surface area (Å²) in [5, 5.41) is 9.66. The molecule has 1 aromatic heterocycles. The fourth-order valence-corrected chi connectivity index (χ4v) is 3.38. The second kappa shape index (κ2) is 9.38. The summed E-state index contributed by atoms with van der Waals surface area (Å²) in [6.07, 6.45) is -0.896. The highest BCUT2D eigenvalue weighted by Gasteiger charge is 2.28. The summed E-state index contributed by atoms with van der Waals surface area (Å²) in [6, 6.07) is 14.9. The number of halogens is 1. The first-order valence-electron chi connectivity index (χ1n) is 9.61. The quantitative estimate of drug-likeness (QED) is 0.551. The number of esters is 1. The molecule has 0 amide bonds. The molecule has 160 valence electrons. The van der Waals surface area contributed by atoms with Crippen molar-refractivity contribution in [3.05, 3.63) is 94.1 Å². The minimum Gasteiger partial charge on any atom is -0.486 e. The highest BCUT2D eigenvalue weighted by atomic mass is 19.1. The Morgan fingerprint density at radius 2 is 1.71 bits per heavy atom. The Labute approximate surface area is 179 Å². The Bertz CT molecular complexity index is 1100. The molecule has 31 heavy (non-hydrogen) atoms. The molecule has 0 bridgehead atoms. The van der Waals surface area contributed by atoms with Gasteiger partial charge in [0.05, 0.1) is 0 Å². The van der Waals surface area contributed by atoms with Crippen LogP contribution >= 0.6 is 0 Å². The van der Waals surface area contributed by atoms with Gasteiger partial charge in [-0.15, -0.1) is 0 Å². The highest BCUT2D eigenvalue weighted by molar-refractivity contribution is 5.89. The predicted molar refractivity (Wildman–Crippen MR) is 111 cm³/mol. The van der Waals surface area contributed by atoms with E-state index < -0.39 is 23.9 Å². The average molecular weight is 423 g/mol. The molecule has 3 aromatic rings. The van der Waals surface area contributed by atoms with Crippen molar-refractivity contribution in [1.29, 1.82) is 0 Å². The Kier molecular flexibility index (Phi) is 6.65. The molecule has 0 saturated heterocycles. The van der Waals surface area contributed by atoms with Crippen LogP contribution in [0.3, 0.4) is 0 Å². The molecular weight excluding hydrogens is 401 g/mol. The van der Waals surface area contributed by atoms with E-state index in [1.807, 2.05) is 30.3 Å². The number of hydrogen-bond acceptors (Lipinski definition) is 5. The number of carbonyl (C=O) groups excluding carboxylic acids is 1. The van der Waals surface area contributed by atoms with Gasteiger partial charge in [0.2, 0.25) is 0 Å². The van der Waals surface area contributed by atoms with E-state index in [1.165, 1.54) is 31.2 Å². The van der Waals surface area contributed by atoms with Crippen LogP contribution in [0.5, 0.6) is 5.75 Å². The minimum absolute atomic E-state index is 0.0937. The van der Waals surface area contributed by atoms with Gasteiger partial charge in [-0.2, -0.15) is 0 Å². The standard InChI is InChI=1S/C24H22FNO5/c1-14-20(23(31-16(3)27)18-9-11-19(25)12-10-18)15(2)26-21(24(28)29)22(14)30-13-17-7-5-4-6-8-17/h4-12,23H,13H2,1-3H3,(H,28,29). The van der Waals surface area contributed by atoms with Crippen LogP contribution in [0.4, 0.5) is 4.39 Å². The first-order chi connectivity index (χ1) is 14.8. The van der Waals surface area contributed by atoms with Crippen molar-refractivity contribution < 1.29 is 28.6 Å². The van der Waals surface area contributed by atoms with E-state index in [0.717, 1.165) is 5.56 Å². The molecule has 1 heterocycles. The molecule has 6 nitrogen and oxygen atoms in total. The number of aryl methyl sites for hydroxylation is 1. The van der Waals surface area contributed by atoms with Gasteiger partial charge >= 0.3 is 11.9 Å². The normalized spacial score (nSPS) is 11.6. The van der Waals surface area contributed by atoms with Crippen LogP contribution in [-0.2, 0) is 16.1 Å². The molecule has 2 aromatic carbocycles. The van der Waals surface area contributed by atoms with Gasteiger partial charge in [-0.05, 0) is 37.1 Å². The van der Waals surface area contributed by atoms with Crippen molar-refractivity contribution >= 4 is 11.9 Å². The maximum Gasteiger partial charge on any atom is 0.358 e. The Morgan fingerprint density at radius 3 is 2.29 bits per heavy atom. The maximum absolute atomic E-state index is 13.4. The van der Waals surface area contributed by atoms with Crippen molar-refractivity contribution in [1.82, 2.24) is 4.98 Å². The Morgan fingerprint density at radius 1 is 1.06 bits per heavy atom.